The first-order valence-electron chi connectivity index (χ1n) is 3.71. The molecule has 0 atom stereocenters. The lowest BCUT2D eigenvalue weighted by molar-refractivity contribution is 1.11. The second-order valence-corrected chi connectivity index (χ2v) is 4.43. The zero-order valence-corrected chi connectivity index (χ0v) is 8.12. The van der Waals surface area contributed by atoms with E-state index in [-0.39, 0.29) is 0 Å². The third-order valence-electron chi connectivity index (χ3n) is 1.67. The van der Waals surface area contributed by atoms with E-state index in [2.05, 4.69) is 29.0 Å². The Hall–Kier alpha value is -0.640. The molecule has 0 spiro atoms. The van der Waals surface area contributed by atoms with E-state index in [1.54, 1.807) is 22.7 Å². The third kappa shape index (κ3) is 1.43. The summed E-state index contributed by atoms with van der Waals surface area (Å²) in [6, 6.07) is 6.36. The average molecular weight is 195 g/mol. The van der Waals surface area contributed by atoms with Crippen molar-refractivity contribution < 1.29 is 0 Å². The van der Waals surface area contributed by atoms with Gasteiger partial charge in [-0.15, -0.1) is 11.3 Å². The largest absolute Gasteiger partial charge is 0.326 e. The molecule has 3 heteroatoms. The molecule has 2 aromatic rings. The van der Waals surface area contributed by atoms with Crippen LogP contribution in [0.1, 0.15) is 4.88 Å². The molecule has 1 nitrogen and oxygen atoms in total. The Labute approximate surface area is 79.5 Å². The molecule has 0 aliphatic carbocycles. The molecule has 0 bridgehead atoms. The molecule has 2 rings (SSSR count). The van der Waals surface area contributed by atoms with E-state index in [0.717, 1.165) is 0 Å². The summed E-state index contributed by atoms with van der Waals surface area (Å²) in [6.07, 6.45) is 0. The highest BCUT2D eigenvalue weighted by molar-refractivity contribution is 7.16. The first-order valence-corrected chi connectivity index (χ1v) is 5.47. The predicted molar refractivity (Wildman–Crippen MR) is 55.5 cm³/mol. The molecule has 2 heterocycles. The maximum Gasteiger partial charge on any atom is 0.0354 e. The van der Waals surface area contributed by atoms with E-state index in [9.17, 15) is 0 Å². The van der Waals surface area contributed by atoms with Gasteiger partial charge in [-0.2, -0.15) is 11.3 Å². The molecule has 0 radical (unpaired) electrons. The van der Waals surface area contributed by atoms with E-state index >= 15 is 0 Å². The van der Waals surface area contributed by atoms with Gasteiger partial charge in [0.25, 0.3) is 0 Å². The van der Waals surface area contributed by atoms with Gasteiger partial charge >= 0.3 is 0 Å². The van der Waals surface area contributed by atoms with Gasteiger partial charge in [0.1, 0.15) is 0 Å². The van der Waals surface area contributed by atoms with E-state index in [4.69, 9.17) is 5.73 Å². The van der Waals surface area contributed by atoms with Crippen LogP contribution in [0.15, 0.2) is 29.0 Å². The molecule has 0 aliphatic rings. The second kappa shape index (κ2) is 3.39. The Balaban J connectivity index is 2.35. The summed E-state index contributed by atoms with van der Waals surface area (Å²) in [5, 5.41) is 4.25. The van der Waals surface area contributed by atoms with Gasteiger partial charge in [-0.1, -0.05) is 0 Å². The smallest absolute Gasteiger partial charge is 0.0354 e. The number of hydrogen-bond acceptors (Lipinski definition) is 3. The molecule has 2 aromatic heterocycles. The van der Waals surface area contributed by atoms with E-state index in [1.807, 2.05) is 0 Å². The molecular weight excluding hydrogens is 186 g/mol. The van der Waals surface area contributed by atoms with Crippen LogP contribution < -0.4 is 5.73 Å². The summed E-state index contributed by atoms with van der Waals surface area (Å²) in [4.78, 5) is 2.56. The third-order valence-corrected chi connectivity index (χ3v) is 3.51. The molecule has 62 valence electrons. The highest BCUT2D eigenvalue weighted by Gasteiger charge is 2.00. The van der Waals surface area contributed by atoms with Crippen LogP contribution in [-0.2, 0) is 6.54 Å². The van der Waals surface area contributed by atoms with Crippen LogP contribution in [0.25, 0.3) is 10.4 Å². The molecule has 0 saturated carbocycles. The van der Waals surface area contributed by atoms with Gasteiger partial charge in [-0.25, -0.2) is 0 Å². The van der Waals surface area contributed by atoms with Crippen LogP contribution >= 0.6 is 22.7 Å². The van der Waals surface area contributed by atoms with Crippen molar-refractivity contribution in [1.29, 1.82) is 0 Å². The van der Waals surface area contributed by atoms with Gasteiger partial charge in [0.05, 0.1) is 0 Å². The molecule has 0 aromatic carbocycles. The van der Waals surface area contributed by atoms with Gasteiger partial charge < -0.3 is 5.73 Å². The minimum absolute atomic E-state index is 0.648. The van der Waals surface area contributed by atoms with Gasteiger partial charge in [-0.3, -0.25) is 0 Å². The van der Waals surface area contributed by atoms with Crippen LogP contribution in [0, 0.1) is 0 Å². The average Bonchev–Trinajstić information content (AvgIpc) is 2.75. The van der Waals surface area contributed by atoms with Crippen molar-refractivity contribution in [3.63, 3.8) is 0 Å². The summed E-state index contributed by atoms with van der Waals surface area (Å²) in [5.41, 5.74) is 6.84. The van der Waals surface area contributed by atoms with Crippen molar-refractivity contribution in [2.24, 2.45) is 5.73 Å². The number of thiophene rings is 2. The van der Waals surface area contributed by atoms with Gasteiger partial charge in [0, 0.05) is 21.9 Å². The standard InChI is InChI=1S/C9H9NS2/c10-5-8-1-2-9(12-8)7-3-4-11-6-7/h1-4,6H,5,10H2. The summed E-state index contributed by atoms with van der Waals surface area (Å²) in [5.74, 6) is 0. The van der Waals surface area contributed by atoms with Crippen molar-refractivity contribution in [1.82, 2.24) is 0 Å². The monoisotopic (exact) mass is 195 g/mol. The Kier molecular flexibility index (Phi) is 2.26. The first-order chi connectivity index (χ1) is 5.90. The minimum atomic E-state index is 0.648. The Bertz CT molecular complexity index is 348. The summed E-state index contributed by atoms with van der Waals surface area (Å²) in [6.45, 7) is 0.648. The highest BCUT2D eigenvalue weighted by Crippen LogP contribution is 2.29. The van der Waals surface area contributed by atoms with Gasteiger partial charge in [0.2, 0.25) is 0 Å². The normalized spacial score (nSPS) is 10.4. The molecule has 0 saturated heterocycles. The van der Waals surface area contributed by atoms with Crippen molar-refractivity contribution in [2.45, 2.75) is 6.54 Å². The van der Waals surface area contributed by atoms with Crippen molar-refractivity contribution in [3.05, 3.63) is 33.8 Å². The fraction of sp³-hybridized carbons (Fsp3) is 0.111. The Morgan fingerprint density at radius 3 is 2.75 bits per heavy atom. The lowest BCUT2D eigenvalue weighted by atomic mass is 10.3. The predicted octanol–water partition coefficient (Wildman–Crippen LogP) is 2.94. The lowest BCUT2D eigenvalue weighted by Crippen LogP contribution is -1.90. The zero-order chi connectivity index (χ0) is 8.39. The summed E-state index contributed by atoms with van der Waals surface area (Å²) >= 11 is 3.50. The molecule has 12 heavy (non-hydrogen) atoms. The molecule has 0 unspecified atom stereocenters. The van der Waals surface area contributed by atoms with Gasteiger partial charge in [0.15, 0.2) is 0 Å². The SMILES string of the molecule is NCc1ccc(-c2ccsc2)s1. The number of rotatable bonds is 2. The van der Waals surface area contributed by atoms with E-state index in [0.29, 0.717) is 6.54 Å². The van der Waals surface area contributed by atoms with Crippen LogP contribution in [0.3, 0.4) is 0 Å². The topological polar surface area (TPSA) is 26.0 Å². The molecule has 0 amide bonds. The number of hydrogen-bond donors (Lipinski definition) is 1. The van der Waals surface area contributed by atoms with Crippen molar-refractivity contribution >= 4 is 22.7 Å². The fourth-order valence-corrected chi connectivity index (χ4v) is 2.66. The highest BCUT2D eigenvalue weighted by atomic mass is 32.1. The number of nitrogens with two attached hydrogens (primary N) is 1. The zero-order valence-electron chi connectivity index (χ0n) is 6.49. The second-order valence-electron chi connectivity index (χ2n) is 2.48. The fourth-order valence-electron chi connectivity index (χ4n) is 1.05. The van der Waals surface area contributed by atoms with Crippen molar-refractivity contribution in [3.8, 4) is 10.4 Å². The maximum absolute atomic E-state index is 5.53. The summed E-state index contributed by atoms with van der Waals surface area (Å²) < 4.78 is 0. The summed E-state index contributed by atoms with van der Waals surface area (Å²) in [7, 11) is 0. The van der Waals surface area contributed by atoms with Crippen LogP contribution in [0.5, 0.6) is 0 Å². The molecule has 0 fully saturated rings. The van der Waals surface area contributed by atoms with Crippen LogP contribution in [0.2, 0.25) is 0 Å². The van der Waals surface area contributed by atoms with Crippen molar-refractivity contribution in [2.75, 3.05) is 0 Å². The molecular formula is C9H9NS2. The lowest BCUT2D eigenvalue weighted by Gasteiger charge is -1.88. The first kappa shape index (κ1) is 7.98. The molecule has 2 N–H and O–H groups in total. The Morgan fingerprint density at radius 2 is 2.17 bits per heavy atom. The van der Waals surface area contributed by atoms with Gasteiger partial charge in [-0.05, 0) is 29.0 Å². The maximum atomic E-state index is 5.53. The van der Waals surface area contributed by atoms with Crippen LogP contribution in [-0.4, -0.2) is 0 Å². The van der Waals surface area contributed by atoms with E-state index < -0.39 is 0 Å². The van der Waals surface area contributed by atoms with Crippen LogP contribution in [0.4, 0.5) is 0 Å². The Morgan fingerprint density at radius 1 is 1.25 bits per heavy atom. The quantitative estimate of drug-likeness (QED) is 0.783. The molecule has 0 aliphatic heterocycles. The van der Waals surface area contributed by atoms with E-state index in [1.165, 1.54) is 15.3 Å². The minimum Gasteiger partial charge on any atom is -0.326 e.